The lowest BCUT2D eigenvalue weighted by molar-refractivity contribution is 0.198. The molecule has 1 aromatic heterocycles. The molecule has 0 aliphatic carbocycles. The van der Waals surface area contributed by atoms with Gasteiger partial charge in [-0.15, -0.1) is 34.2 Å². The molecule has 2 heterocycles. The number of hydrogen-bond acceptors (Lipinski definition) is 4. The van der Waals surface area contributed by atoms with Crippen LogP contribution in [0.25, 0.3) is 0 Å². The van der Waals surface area contributed by atoms with Crippen molar-refractivity contribution in [3.63, 3.8) is 0 Å². The fourth-order valence-electron chi connectivity index (χ4n) is 3.94. The quantitative estimate of drug-likeness (QED) is 0.263. The molecule has 2 aromatic carbocycles. The van der Waals surface area contributed by atoms with Crippen molar-refractivity contribution in [1.29, 1.82) is 0 Å². The van der Waals surface area contributed by atoms with E-state index in [1.165, 1.54) is 11.1 Å². The van der Waals surface area contributed by atoms with Crippen LogP contribution in [0.1, 0.15) is 35.6 Å². The lowest BCUT2D eigenvalue weighted by Gasteiger charge is -2.33. The van der Waals surface area contributed by atoms with Crippen molar-refractivity contribution in [3.8, 4) is 0 Å². The third-order valence-corrected chi connectivity index (χ3v) is 6.04. The van der Waals surface area contributed by atoms with Gasteiger partial charge in [0.2, 0.25) is 0 Å². The second kappa shape index (κ2) is 12.7. The second-order valence-corrected chi connectivity index (χ2v) is 8.41. The molecule has 0 radical (unpaired) electrons. The van der Waals surface area contributed by atoms with E-state index in [0.29, 0.717) is 19.1 Å². The molecule has 33 heavy (non-hydrogen) atoms. The molecule has 2 N–H and O–H groups in total. The maximum absolute atomic E-state index is 4.85. The third kappa shape index (κ3) is 7.53. The van der Waals surface area contributed by atoms with E-state index in [-0.39, 0.29) is 24.0 Å². The van der Waals surface area contributed by atoms with Crippen molar-refractivity contribution in [1.82, 2.24) is 30.3 Å². The first-order valence-electron chi connectivity index (χ1n) is 11.4. The number of aryl methyl sites for hydroxylation is 1. The normalized spacial score (nSPS) is 15.2. The molecule has 3 aromatic rings. The summed E-state index contributed by atoms with van der Waals surface area (Å²) in [7, 11) is 1.99. The highest BCUT2D eigenvalue weighted by atomic mass is 127. The van der Waals surface area contributed by atoms with E-state index >= 15 is 0 Å². The molecule has 1 aliphatic heterocycles. The van der Waals surface area contributed by atoms with Gasteiger partial charge in [-0.25, -0.2) is 4.99 Å². The minimum atomic E-state index is 0. The largest absolute Gasteiger partial charge is 0.354 e. The summed E-state index contributed by atoms with van der Waals surface area (Å²) < 4.78 is 2.00. The summed E-state index contributed by atoms with van der Waals surface area (Å²) in [6, 6.07) is 21.5. The average Bonchev–Trinajstić information content (AvgIpc) is 3.15. The molecule has 4 rings (SSSR count). The van der Waals surface area contributed by atoms with Crippen LogP contribution in [0.15, 0.2) is 65.7 Å². The highest BCUT2D eigenvalue weighted by molar-refractivity contribution is 14.0. The number of aliphatic imine (C=N–C) groups is 1. The Balaban J connectivity index is 0.00000306. The van der Waals surface area contributed by atoms with Crippen LogP contribution in [0, 0.1) is 6.92 Å². The van der Waals surface area contributed by atoms with Crippen LogP contribution in [0.2, 0.25) is 0 Å². The second-order valence-electron chi connectivity index (χ2n) is 8.41. The fourth-order valence-corrected chi connectivity index (χ4v) is 3.94. The van der Waals surface area contributed by atoms with Gasteiger partial charge in [0.15, 0.2) is 11.8 Å². The van der Waals surface area contributed by atoms with E-state index in [1.54, 1.807) is 0 Å². The number of likely N-dealkylation sites (tertiary alicyclic amines) is 1. The Morgan fingerprint density at radius 2 is 1.61 bits per heavy atom. The smallest absolute Gasteiger partial charge is 0.192 e. The number of halogens is 1. The van der Waals surface area contributed by atoms with Crippen molar-refractivity contribution in [2.75, 3.05) is 13.1 Å². The van der Waals surface area contributed by atoms with E-state index in [1.807, 2.05) is 24.6 Å². The highest BCUT2D eigenvalue weighted by Gasteiger charge is 2.20. The Kier molecular flexibility index (Phi) is 9.68. The summed E-state index contributed by atoms with van der Waals surface area (Å²) in [6.07, 6.45) is 2.20. The number of aromatic nitrogens is 3. The van der Waals surface area contributed by atoms with Gasteiger partial charge in [0.1, 0.15) is 5.82 Å². The van der Waals surface area contributed by atoms with Gasteiger partial charge in [-0.05, 0) is 30.9 Å². The highest BCUT2D eigenvalue weighted by Crippen LogP contribution is 2.14. The molecule has 0 atom stereocenters. The van der Waals surface area contributed by atoms with Crippen LogP contribution in [0.5, 0.6) is 0 Å². The number of rotatable bonds is 7. The maximum Gasteiger partial charge on any atom is 0.192 e. The van der Waals surface area contributed by atoms with Crippen molar-refractivity contribution in [2.45, 2.75) is 45.4 Å². The molecule has 0 saturated carbocycles. The summed E-state index contributed by atoms with van der Waals surface area (Å²) in [5.74, 6) is 2.63. The molecule has 7 nitrogen and oxygen atoms in total. The number of guanidine groups is 1. The Labute approximate surface area is 213 Å². The molecule has 0 amide bonds. The maximum atomic E-state index is 4.85. The SMILES string of the molecule is Cc1nnc(CNC(=NCc2ccccc2)NC2CCN(Cc3ccccc3)CC2)n1C.I. The molecule has 0 unspecified atom stereocenters. The van der Waals surface area contributed by atoms with E-state index in [2.05, 4.69) is 80.3 Å². The van der Waals surface area contributed by atoms with Gasteiger partial charge in [-0.3, -0.25) is 4.90 Å². The van der Waals surface area contributed by atoms with Crippen LogP contribution < -0.4 is 10.6 Å². The van der Waals surface area contributed by atoms with Gasteiger partial charge in [0, 0.05) is 32.7 Å². The first kappa shape index (κ1) is 25.2. The molecule has 1 fully saturated rings. The predicted molar refractivity (Wildman–Crippen MR) is 143 cm³/mol. The molecule has 0 spiro atoms. The number of nitrogens with zero attached hydrogens (tertiary/aromatic N) is 5. The first-order chi connectivity index (χ1) is 15.7. The standard InChI is InChI=1S/C25H33N7.HI/c1-20-29-30-24(31(20)2)18-27-25(26-17-21-9-5-3-6-10-21)28-23-13-15-32(16-14-23)19-22-11-7-4-8-12-22;/h3-12,23H,13-19H2,1-2H3,(H2,26,27,28);1H. The number of benzene rings is 2. The van der Waals surface area contributed by atoms with E-state index in [0.717, 1.165) is 50.1 Å². The van der Waals surface area contributed by atoms with Gasteiger partial charge in [-0.2, -0.15) is 0 Å². The van der Waals surface area contributed by atoms with E-state index in [4.69, 9.17) is 4.99 Å². The van der Waals surface area contributed by atoms with Gasteiger partial charge in [0.25, 0.3) is 0 Å². The van der Waals surface area contributed by atoms with Gasteiger partial charge >= 0.3 is 0 Å². The van der Waals surface area contributed by atoms with Crippen LogP contribution >= 0.6 is 24.0 Å². The van der Waals surface area contributed by atoms with Crippen molar-refractivity contribution in [2.24, 2.45) is 12.0 Å². The average molecular weight is 560 g/mol. The van der Waals surface area contributed by atoms with Crippen molar-refractivity contribution in [3.05, 3.63) is 83.4 Å². The summed E-state index contributed by atoms with van der Waals surface area (Å²) >= 11 is 0. The molecular formula is C25H34IN7. The van der Waals surface area contributed by atoms with E-state index < -0.39 is 0 Å². The Bertz CT molecular complexity index is 996. The number of piperidine rings is 1. The zero-order valence-electron chi connectivity index (χ0n) is 19.4. The minimum Gasteiger partial charge on any atom is -0.354 e. The number of hydrogen-bond donors (Lipinski definition) is 2. The molecule has 1 aliphatic rings. The Hall–Kier alpha value is -2.46. The Morgan fingerprint density at radius 3 is 2.21 bits per heavy atom. The summed E-state index contributed by atoms with van der Waals surface area (Å²) in [6.45, 7) is 6.38. The lowest BCUT2D eigenvalue weighted by atomic mass is 10.0. The lowest BCUT2D eigenvalue weighted by Crippen LogP contribution is -2.48. The van der Waals surface area contributed by atoms with Gasteiger partial charge in [0.05, 0.1) is 13.1 Å². The first-order valence-corrected chi connectivity index (χ1v) is 11.4. The van der Waals surface area contributed by atoms with Crippen molar-refractivity contribution >= 4 is 29.9 Å². The monoisotopic (exact) mass is 559 g/mol. The molecular weight excluding hydrogens is 525 g/mol. The Morgan fingerprint density at radius 1 is 0.970 bits per heavy atom. The minimum absolute atomic E-state index is 0. The zero-order chi connectivity index (χ0) is 22.2. The zero-order valence-corrected chi connectivity index (χ0v) is 21.8. The fraction of sp³-hybridized carbons (Fsp3) is 0.400. The van der Waals surface area contributed by atoms with E-state index in [9.17, 15) is 0 Å². The van der Waals surface area contributed by atoms with Crippen LogP contribution in [-0.2, 0) is 26.7 Å². The van der Waals surface area contributed by atoms with Crippen molar-refractivity contribution < 1.29 is 0 Å². The van der Waals surface area contributed by atoms with Crippen LogP contribution in [0.4, 0.5) is 0 Å². The predicted octanol–water partition coefficient (Wildman–Crippen LogP) is 3.64. The molecule has 1 saturated heterocycles. The third-order valence-electron chi connectivity index (χ3n) is 6.04. The summed E-state index contributed by atoms with van der Waals surface area (Å²) in [5.41, 5.74) is 2.57. The molecule has 176 valence electrons. The van der Waals surface area contributed by atoms with Gasteiger partial charge < -0.3 is 15.2 Å². The summed E-state index contributed by atoms with van der Waals surface area (Å²) in [5, 5.41) is 15.5. The van der Waals surface area contributed by atoms with Crippen LogP contribution in [0.3, 0.4) is 0 Å². The molecule has 0 bridgehead atoms. The van der Waals surface area contributed by atoms with Crippen LogP contribution in [-0.4, -0.2) is 44.8 Å². The molecule has 8 heteroatoms. The van der Waals surface area contributed by atoms with Gasteiger partial charge in [-0.1, -0.05) is 60.7 Å². The number of nitrogens with one attached hydrogen (secondary N) is 2. The topological polar surface area (TPSA) is 70.4 Å². The summed E-state index contributed by atoms with van der Waals surface area (Å²) in [4.78, 5) is 7.38.